The topological polar surface area (TPSA) is 78.9 Å². The first kappa shape index (κ1) is 20.4. The Morgan fingerprint density at radius 1 is 1.37 bits per heavy atom. The Balaban J connectivity index is 1.97. The normalized spacial score (nSPS) is 22.6. The molecule has 0 saturated carbocycles. The van der Waals surface area contributed by atoms with Gasteiger partial charge in [-0.15, -0.1) is 0 Å². The lowest BCUT2D eigenvalue weighted by Gasteiger charge is -2.43. The van der Waals surface area contributed by atoms with Gasteiger partial charge in [0.15, 0.2) is 0 Å². The SMILES string of the molecule is COc1cc2c(cc1Cl)[C@@H](NS(=O)C(C)(C)C)C1(CCN(C(=O)O)CC1)C2. The van der Waals surface area contributed by atoms with Crippen molar-refractivity contribution in [1.82, 2.24) is 9.62 Å². The van der Waals surface area contributed by atoms with Crippen molar-refractivity contribution in [2.75, 3.05) is 20.2 Å². The van der Waals surface area contributed by atoms with Crippen LogP contribution in [0.25, 0.3) is 0 Å². The molecule has 2 atom stereocenters. The molecule has 6 nitrogen and oxygen atoms in total. The Hall–Kier alpha value is -1.31. The first-order chi connectivity index (χ1) is 12.6. The fraction of sp³-hybridized carbons (Fsp3) is 0.632. The van der Waals surface area contributed by atoms with E-state index in [4.69, 9.17) is 16.3 Å². The van der Waals surface area contributed by atoms with Gasteiger partial charge < -0.3 is 14.7 Å². The van der Waals surface area contributed by atoms with Crippen molar-refractivity contribution < 1.29 is 18.8 Å². The highest BCUT2D eigenvalue weighted by Gasteiger charge is 2.49. The molecule has 27 heavy (non-hydrogen) atoms. The third-order valence-corrected chi connectivity index (χ3v) is 7.55. The van der Waals surface area contributed by atoms with Crippen molar-refractivity contribution >= 4 is 28.7 Å². The van der Waals surface area contributed by atoms with Crippen LogP contribution in [0.3, 0.4) is 0 Å². The van der Waals surface area contributed by atoms with Crippen LogP contribution in [-0.2, 0) is 17.4 Å². The summed E-state index contributed by atoms with van der Waals surface area (Å²) in [4.78, 5) is 12.8. The van der Waals surface area contributed by atoms with Crippen LogP contribution >= 0.6 is 11.6 Å². The second-order valence-electron chi connectivity index (χ2n) is 8.43. The Bertz CT molecular complexity index is 770. The number of rotatable bonds is 3. The Morgan fingerprint density at radius 3 is 2.52 bits per heavy atom. The van der Waals surface area contributed by atoms with Crippen molar-refractivity contribution in [3.8, 4) is 5.75 Å². The van der Waals surface area contributed by atoms with Gasteiger partial charge >= 0.3 is 6.09 Å². The molecule has 8 heteroatoms. The largest absolute Gasteiger partial charge is 0.495 e. The van der Waals surface area contributed by atoms with E-state index in [9.17, 15) is 14.1 Å². The van der Waals surface area contributed by atoms with Crippen LogP contribution in [0.4, 0.5) is 4.79 Å². The van der Waals surface area contributed by atoms with E-state index in [2.05, 4.69) is 4.72 Å². The summed E-state index contributed by atoms with van der Waals surface area (Å²) in [6, 6.07) is 3.74. The fourth-order valence-corrected chi connectivity index (χ4v) is 5.28. The second kappa shape index (κ2) is 7.26. The van der Waals surface area contributed by atoms with Crippen LogP contribution in [0, 0.1) is 5.41 Å². The lowest BCUT2D eigenvalue weighted by molar-refractivity contribution is 0.0768. The number of halogens is 1. The van der Waals surface area contributed by atoms with Gasteiger partial charge in [0.25, 0.3) is 0 Å². The zero-order chi connectivity index (χ0) is 20.0. The highest BCUT2D eigenvalue weighted by Crippen LogP contribution is 2.54. The maximum atomic E-state index is 12.9. The zero-order valence-corrected chi connectivity index (χ0v) is 17.7. The highest BCUT2D eigenvalue weighted by molar-refractivity contribution is 7.84. The Labute approximate surface area is 167 Å². The van der Waals surface area contributed by atoms with Crippen LogP contribution in [0.1, 0.15) is 50.8 Å². The number of fused-ring (bicyclic) bond motifs is 1. The standard InChI is InChI=1S/C19H27ClN2O4S/c1-18(2,3)27(25)21-16-13-10-14(20)15(26-4)9-12(13)11-19(16)5-7-22(8-6-19)17(23)24/h9-10,16,21H,5-8,11H2,1-4H3,(H,23,24)/t16-,27?/m1/s1. The van der Waals surface area contributed by atoms with Gasteiger partial charge in [0.05, 0.1) is 33.9 Å². The van der Waals surface area contributed by atoms with E-state index in [1.807, 2.05) is 32.9 Å². The molecule has 1 aliphatic heterocycles. The molecule has 1 heterocycles. The maximum Gasteiger partial charge on any atom is 0.407 e. The lowest BCUT2D eigenvalue weighted by atomic mass is 9.73. The van der Waals surface area contributed by atoms with Gasteiger partial charge in [-0.05, 0) is 68.7 Å². The van der Waals surface area contributed by atoms with Gasteiger partial charge in [0.1, 0.15) is 5.75 Å². The lowest BCUT2D eigenvalue weighted by Crippen LogP contribution is -2.48. The molecule has 0 bridgehead atoms. The summed E-state index contributed by atoms with van der Waals surface area (Å²) in [6.45, 7) is 6.77. The molecule has 1 fully saturated rings. The number of hydrogen-bond acceptors (Lipinski definition) is 3. The molecule has 0 aromatic heterocycles. The van der Waals surface area contributed by atoms with E-state index in [1.165, 1.54) is 4.90 Å². The van der Waals surface area contributed by atoms with E-state index in [-0.39, 0.29) is 11.5 Å². The van der Waals surface area contributed by atoms with E-state index < -0.39 is 21.8 Å². The van der Waals surface area contributed by atoms with Crippen LogP contribution in [0.15, 0.2) is 12.1 Å². The molecule has 1 spiro atoms. The summed E-state index contributed by atoms with van der Waals surface area (Å²) < 4.78 is 21.2. The number of ether oxygens (including phenoxy) is 1. The number of carboxylic acid groups (broad SMARTS) is 1. The van der Waals surface area contributed by atoms with E-state index >= 15 is 0 Å². The molecule has 1 amide bonds. The Morgan fingerprint density at radius 2 is 2.00 bits per heavy atom. The van der Waals surface area contributed by atoms with Gasteiger partial charge in [0, 0.05) is 13.1 Å². The minimum Gasteiger partial charge on any atom is -0.495 e. The number of likely N-dealkylation sites (tertiary alicyclic amines) is 1. The van der Waals surface area contributed by atoms with E-state index in [1.54, 1.807) is 7.11 Å². The van der Waals surface area contributed by atoms with Gasteiger partial charge in [-0.3, -0.25) is 0 Å². The molecule has 3 rings (SSSR count). The molecule has 1 aromatic rings. The maximum absolute atomic E-state index is 12.9. The van der Waals surface area contributed by atoms with E-state index in [0.29, 0.717) is 36.7 Å². The monoisotopic (exact) mass is 414 g/mol. The summed E-state index contributed by atoms with van der Waals surface area (Å²) in [6.07, 6.45) is 1.34. The van der Waals surface area contributed by atoms with Gasteiger partial charge in [-0.1, -0.05) is 11.6 Å². The summed E-state index contributed by atoms with van der Waals surface area (Å²) in [5.74, 6) is 0.631. The van der Waals surface area contributed by atoms with E-state index in [0.717, 1.165) is 17.5 Å². The van der Waals surface area contributed by atoms with Crippen LogP contribution in [-0.4, -0.2) is 45.3 Å². The number of carbonyl (C=O) groups is 1. The van der Waals surface area contributed by atoms with Crippen molar-refractivity contribution in [2.24, 2.45) is 5.41 Å². The summed E-state index contributed by atoms with van der Waals surface area (Å²) in [5.41, 5.74) is 2.00. The van der Waals surface area contributed by atoms with Gasteiger partial charge in [-0.25, -0.2) is 13.7 Å². The quantitative estimate of drug-likeness (QED) is 0.789. The van der Waals surface area contributed by atoms with Gasteiger partial charge in [0.2, 0.25) is 0 Å². The summed E-state index contributed by atoms with van der Waals surface area (Å²) >= 11 is 6.38. The number of amides is 1. The third kappa shape index (κ3) is 3.82. The van der Waals surface area contributed by atoms with Crippen molar-refractivity contribution in [3.63, 3.8) is 0 Å². The summed E-state index contributed by atoms with van der Waals surface area (Å²) in [5, 5.41) is 9.83. The number of piperidine rings is 1. The van der Waals surface area contributed by atoms with Gasteiger partial charge in [-0.2, -0.15) is 0 Å². The molecule has 1 aromatic carbocycles. The molecule has 150 valence electrons. The molecule has 1 unspecified atom stereocenters. The average Bonchev–Trinajstić information content (AvgIpc) is 2.86. The smallest absolute Gasteiger partial charge is 0.407 e. The Kier molecular flexibility index (Phi) is 5.49. The molecular formula is C19H27ClN2O4S. The molecule has 2 N–H and O–H groups in total. The number of nitrogens with zero attached hydrogens (tertiary/aromatic N) is 1. The minimum absolute atomic E-state index is 0.132. The number of methoxy groups -OCH3 is 1. The predicted octanol–water partition coefficient (Wildman–Crippen LogP) is 3.76. The van der Waals surface area contributed by atoms with Crippen molar-refractivity contribution in [2.45, 2.75) is 50.8 Å². The number of nitrogens with one attached hydrogen (secondary N) is 1. The molecule has 0 radical (unpaired) electrons. The summed E-state index contributed by atoms with van der Waals surface area (Å²) in [7, 11) is 0.344. The highest BCUT2D eigenvalue weighted by atomic mass is 35.5. The average molecular weight is 415 g/mol. The van der Waals surface area contributed by atoms with Crippen LogP contribution in [0.5, 0.6) is 5.75 Å². The number of hydrogen-bond donors (Lipinski definition) is 2. The minimum atomic E-state index is -1.25. The zero-order valence-electron chi connectivity index (χ0n) is 16.2. The first-order valence-electron chi connectivity index (χ1n) is 9.10. The number of benzene rings is 1. The molecule has 2 aliphatic rings. The fourth-order valence-electron chi connectivity index (χ4n) is 4.08. The van der Waals surface area contributed by atoms with Crippen LogP contribution in [0.2, 0.25) is 5.02 Å². The second-order valence-corrected chi connectivity index (χ2v) is 10.8. The van der Waals surface area contributed by atoms with Crippen molar-refractivity contribution in [1.29, 1.82) is 0 Å². The molecular weight excluding hydrogens is 388 g/mol. The first-order valence-corrected chi connectivity index (χ1v) is 10.6. The van der Waals surface area contributed by atoms with Crippen LogP contribution < -0.4 is 9.46 Å². The molecule has 1 saturated heterocycles. The predicted molar refractivity (Wildman–Crippen MR) is 107 cm³/mol. The molecule has 1 aliphatic carbocycles. The van der Waals surface area contributed by atoms with Crippen molar-refractivity contribution in [3.05, 3.63) is 28.3 Å². The third-order valence-electron chi connectivity index (χ3n) is 5.69.